The Labute approximate surface area is 78.3 Å². The van der Waals surface area contributed by atoms with Gasteiger partial charge in [-0.1, -0.05) is 13.0 Å². The fraction of sp³-hybridized carbons (Fsp3) is 0.556. The Balaban J connectivity index is 2.61. The minimum atomic E-state index is -0.126. The Morgan fingerprint density at radius 3 is 3.08 bits per heavy atom. The zero-order valence-electron chi connectivity index (χ0n) is 7.95. The summed E-state index contributed by atoms with van der Waals surface area (Å²) in [7, 11) is 0. The summed E-state index contributed by atoms with van der Waals surface area (Å²) in [5.41, 5.74) is 5.80. The summed E-state index contributed by atoms with van der Waals surface area (Å²) < 4.78 is 0. The maximum Gasteiger partial charge on any atom is 0.167 e. The van der Waals surface area contributed by atoms with Crippen molar-refractivity contribution in [1.82, 2.24) is 15.2 Å². The largest absolute Gasteiger partial charge is 0.321 e. The van der Waals surface area contributed by atoms with Crippen LogP contribution in [0.5, 0.6) is 0 Å². The molecule has 0 fully saturated rings. The van der Waals surface area contributed by atoms with E-state index in [1.54, 1.807) is 6.08 Å². The number of hydrogen-bond acceptors (Lipinski definition) is 3. The monoisotopic (exact) mass is 180 g/mol. The molecule has 0 aliphatic heterocycles. The second kappa shape index (κ2) is 4.77. The third-order valence-electron chi connectivity index (χ3n) is 1.79. The van der Waals surface area contributed by atoms with Crippen LogP contribution in [0, 0.1) is 0 Å². The van der Waals surface area contributed by atoms with Crippen molar-refractivity contribution >= 4 is 0 Å². The van der Waals surface area contributed by atoms with Crippen LogP contribution in [0.1, 0.15) is 37.5 Å². The normalized spacial score (nSPS) is 12.8. The number of aromatic amines is 1. The predicted octanol–water partition coefficient (Wildman–Crippen LogP) is 1.33. The van der Waals surface area contributed by atoms with Crippen LogP contribution in [0.4, 0.5) is 0 Å². The lowest BCUT2D eigenvalue weighted by molar-refractivity contribution is 0.685. The zero-order valence-corrected chi connectivity index (χ0v) is 7.95. The molecule has 0 amide bonds. The minimum Gasteiger partial charge on any atom is -0.321 e. The number of hydrogen-bond donors (Lipinski definition) is 2. The standard InChI is InChI=1S/C9H16N4/c1-3-5-7(10)9-11-8(6-4-2)12-13-9/h3,7H,1,4-6,10H2,2H3,(H,11,12,13). The smallest absolute Gasteiger partial charge is 0.167 e. The quantitative estimate of drug-likeness (QED) is 0.672. The molecule has 1 aromatic rings. The Morgan fingerprint density at radius 2 is 2.46 bits per heavy atom. The van der Waals surface area contributed by atoms with Crippen LogP contribution in [0.25, 0.3) is 0 Å². The summed E-state index contributed by atoms with van der Waals surface area (Å²) in [5.74, 6) is 1.60. The maximum atomic E-state index is 5.80. The van der Waals surface area contributed by atoms with Crippen LogP contribution < -0.4 is 5.73 Å². The van der Waals surface area contributed by atoms with E-state index < -0.39 is 0 Å². The SMILES string of the molecule is C=CCC(N)c1n[nH]c(CCC)n1. The molecule has 13 heavy (non-hydrogen) atoms. The first-order valence-corrected chi connectivity index (χ1v) is 4.55. The van der Waals surface area contributed by atoms with Crippen LogP contribution in [0.15, 0.2) is 12.7 Å². The number of nitrogens with zero attached hydrogens (tertiary/aromatic N) is 2. The molecule has 0 saturated carbocycles. The topological polar surface area (TPSA) is 67.6 Å². The molecule has 0 aliphatic rings. The maximum absolute atomic E-state index is 5.80. The van der Waals surface area contributed by atoms with E-state index in [4.69, 9.17) is 5.73 Å². The van der Waals surface area contributed by atoms with E-state index in [1.165, 1.54) is 0 Å². The van der Waals surface area contributed by atoms with Crippen LogP contribution in [0.3, 0.4) is 0 Å². The van der Waals surface area contributed by atoms with Crippen molar-refractivity contribution in [3.8, 4) is 0 Å². The molecular weight excluding hydrogens is 164 g/mol. The van der Waals surface area contributed by atoms with E-state index in [0.717, 1.165) is 18.7 Å². The van der Waals surface area contributed by atoms with Crippen LogP contribution in [-0.4, -0.2) is 15.2 Å². The highest BCUT2D eigenvalue weighted by Crippen LogP contribution is 2.09. The van der Waals surface area contributed by atoms with Crippen molar-refractivity contribution in [3.63, 3.8) is 0 Å². The highest BCUT2D eigenvalue weighted by Gasteiger charge is 2.09. The molecule has 0 bridgehead atoms. The van der Waals surface area contributed by atoms with Gasteiger partial charge in [0.1, 0.15) is 5.82 Å². The third-order valence-corrected chi connectivity index (χ3v) is 1.79. The molecular formula is C9H16N4. The van der Waals surface area contributed by atoms with Crippen molar-refractivity contribution in [2.24, 2.45) is 5.73 Å². The summed E-state index contributed by atoms with van der Waals surface area (Å²) in [6.45, 7) is 5.73. The second-order valence-electron chi connectivity index (χ2n) is 3.02. The van der Waals surface area contributed by atoms with Gasteiger partial charge in [0, 0.05) is 6.42 Å². The molecule has 3 N–H and O–H groups in total. The van der Waals surface area contributed by atoms with Gasteiger partial charge >= 0.3 is 0 Å². The Kier molecular flexibility index (Phi) is 3.64. The van der Waals surface area contributed by atoms with Gasteiger partial charge in [-0.15, -0.1) is 6.58 Å². The number of aryl methyl sites for hydroxylation is 1. The molecule has 72 valence electrons. The number of nitrogens with two attached hydrogens (primary N) is 1. The summed E-state index contributed by atoms with van der Waals surface area (Å²) in [6.07, 6.45) is 4.48. The second-order valence-corrected chi connectivity index (χ2v) is 3.02. The van der Waals surface area contributed by atoms with Gasteiger partial charge in [0.15, 0.2) is 5.82 Å². The van der Waals surface area contributed by atoms with E-state index in [0.29, 0.717) is 12.2 Å². The first-order valence-electron chi connectivity index (χ1n) is 4.55. The summed E-state index contributed by atoms with van der Waals surface area (Å²) in [6, 6.07) is -0.126. The molecule has 1 unspecified atom stereocenters. The fourth-order valence-electron chi connectivity index (χ4n) is 1.11. The number of nitrogens with one attached hydrogen (secondary N) is 1. The first-order chi connectivity index (χ1) is 6.27. The van der Waals surface area contributed by atoms with E-state index in [2.05, 4.69) is 28.7 Å². The Morgan fingerprint density at radius 1 is 1.69 bits per heavy atom. The Bertz CT molecular complexity index is 266. The van der Waals surface area contributed by atoms with Crippen LogP contribution >= 0.6 is 0 Å². The van der Waals surface area contributed by atoms with E-state index in [-0.39, 0.29) is 6.04 Å². The van der Waals surface area contributed by atoms with E-state index in [1.807, 2.05) is 0 Å². The van der Waals surface area contributed by atoms with Gasteiger partial charge in [-0.3, -0.25) is 5.10 Å². The lowest BCUT2D eigenvalue weighted by atomic mass is 10.2. The predicted molar refractivity (Wildman–Crippen MR) is 52.1 cm³/mol. The van der Waals surface area contributed by atoms with Crippen molar-refractivity contribution in [1.29, 1.82) is 0 Å². The number of rotatable bonds is 5. The molecule has 1 heterocycles. The van der Waals surface area contributed by atoms with Gasteiger partial charge in [0.05, 0.1) is 6.04 Å². The molecule has 0 radical (unpaired) electrons. The Hall–Kier alpha value is -1.16. The molecule has 0 aliphatic carbocycles. The summed E-state index contributed by atoms with van der Waals surface area (Å²) >= 11 is 0. The van der Waals surface area contributed by atoms with Gasteiger partial charge in [-0.05, 0) is 12.8 Å². The molecule has 1 atom stereocenters. The minimum absolute atomic E-state index is 0.126. The summed E-state index contributed by atoms with van der Waals surface area (Å²) in [5, 5.41) is 6.92. The van der Waals surface area contributed by atoms with Crippen molar-refractivity contribution < 1.29 is 0 Å². The number of aromatic nitrogens is 3. The first kappa shape index (κ1) is 9.92. The third kappa shape index (κ3) is 2.66. The highest BCUT2D eigenvalue weighted by molar-refractivity contribution is 4.97. The molecule has 0 saturated heterocycles. The van der Waals surface area contributed by atoms with Crippen LogP contribution in [-0.2, 0) is 6.42 Å². The van der Waals surface area contributed by atoms with Gasteiger partial charge in [-0.25, -0.2) is 4.98 Å². The molecule has 1 aromatic heterocycles. The molecule has 0 aromatic carbocycles. The average Bonchev–Trinajstić information content (AvgIpc) is 2.54. The lowest BCUT2D eigenvalue weighted by Gasteiger charge is -2.01. The fourth-order valence-corrected chi connectivity index (χ4v) is 1.11. The zero-order chi connectivity index (χ0) is 9.68. The van der Waals surface area contributed by atoms with Crippen molar-refractivity contribution in [2.75, 3.05) is 0 Å². The van der Waals surface area contributed by atoms with Gasteiger partial charge in [0.25, 0.3) is 0 Å². The highest BCUT2D eigenvalue weighted by atomic mass is 15.2. The summed E-state index contributed by atoms with van der Waals surface area (Å²) in [4.78, 5) is 4.28. The van der Waals surface area contributed by atoms with Gasteiger partial charge < -0.3 is 5.73 Å². The molecule has 4 heteroatoms. The van der Waals surface area contributed by atoms with Crippen molar-refractivity contribution in [2.45, 2.75) is 32.2 Å². The van der Waals surface area contributed by atoms with Gasteiger partial charge in [-0.2, -0.15) is 5.10 Å². The average molecular weight is 180 g/mol. The van der Waals surface area contributed by atoms with E-state index in [9.17, 15) is 0 Å². The van der Waals surface area contributed by atoms with Crippen LogP contribution in [0.2, 0.25) is 0 Å². The molecule has 0 spiro atoms. The molecule has 1 rings (SSSR count). The lowest BCUT2D eigenvalue weighted by Crippen LogP contribution is -2.10. The van der Waals surface area contributed by atoms with E-state index >= 15 is 0 Å². The molecule has 4 nitrogen and oxygen atoms in total. The number of H-pyrrole nitrogens is 1. The van der Waals surface area contributed by atoms with Gasteiger partial charge in [0.2, 0.25) is 0 Å². The van der Waals surface area contributed by atoms with Crippen molar-refractivity contribution in [3.05, 3.63) is 24.3 Å².